The van der Waals surface area contributed by atoms with Gasteiger partial charge in [-0.2, -0.15) is 0 Å². The molecule has 1 N–H and O–H groups in total. The second-order valence-corrected chi connectivity index (χ2v) is 7.39. The maximum atomic E-state index is 12.7. The van der Waals surface area contributed by atoms with Crippen LogP contribution in [0.25, 0.3) is 33.3 Å². The summed E-state index contributed by atoms with van der Waals surface area (Å²) in [6.07, 6.45) is 0. The average molecular weight is 423 g/mol. The maximum Gasteiger partial charge on any atom is 0.273 e. The van der Waals surface area contributed by atoms with Crippen LogP contribution in [-0.4, -0.2) is 15.8 Å². The fourth-order valence-electron chi connectivity index (χ4n) is 3.80. The van der Waals surface area contributed by atoms with Crippen LogP contribution >= 0.6 is 0 Å². The molecule has 0 atom stereocenters. The van der Waals surface area contributed by atoms with E-state index in [9.17, 15) is 14.9 Å². The van der Waals surface area contributed by atoms with Gasteiger partial charge in [0.1, 0.15) is 5.52 Å². The van der Waals surface area contributed by atoms with E-state index in [1.54, 1.807) is 31.2 Å². The van der Waals surface area contributed by atoms with E-state index in [1.165, 1.54) is 12.1 Å². The van der Waals surface area contributed by atoms with Crippen molar-refractivity contribution in [3.63, 3.8) is 0 Å². The van der Waals surface area contributed by atoms with Gasteiger partial charge < -0.3 is 9.73 Å². The van der Waals surface area contributed by atoms with Crippen LogP contribution in [0.15, 0.2) is 83.3 Å². The summed E-state index contributed by atoms with van der Waals surface area (Å²) < 4.78 is 5.97. The normalized spacial score (nSPS) is 11.0. The van der Waals surface area contributed by atoms with Crippen LogP contribution in [0.1, 0.15) is 15.9 Å². The number of nitro benzene ring substituents is 1. The zero-order chi connectivity index (χ0) is 22.2. The molecule has 0 saturated heterocycles. The number of amides is 1. The molecule has 0 radical (unpaired) electrons. The number of fused-ring (bicyclic) bond motifs is 2. The summed E-state index contributed by atoms with van der Waals surface area (Å²) >= 11 is 0. The molecule has 156 valence electrons. The van der Waals surface area contributed by atoms with Crippen LogP contribution < -0.4 is 5.32 Å². The molecule has 5 aromatic rings. The van der Waals surface area contributed by atoms with Crippen molar-refractivity contribution in [2.75, 3.05) is 5.32 Å². The van der Waals surface area contributed by atoms with Crippen LogP contribution in [0.4, 0.5) is 11.4 Å². The van der Waals surface area contributed by atoms with Crippen molar-refractivity contribution in [3.8, 4) is 11.5 Å². The van der Waals surface area contributed by atoms with Crippen molar-refractivity contribution in [1.82, 2.24) is 4.98 Å². The van der Waals surface area contributed by atoms with Gasteiger partial charge in [0, 0.05) is 28.4 Å². The highest BCUT2D eigenvalue weighted by Gasteiger charge is 2.18. The molecule has 0 aliphatic carbocycles. The van der Waals surface area contributed by atoms with Gasteiger partial charge in [0.15, 0.2) is 5.58 Å². The van der Waals surface area contributed by atoms with Crippen LogP contribution in [0.3, 0.4) is 0 Å². The predicted molar refractivity (Wildman–Crippen MR) is 123 cm³/mol. The summed E-state index contributed by atoms with van der Waals surface area (Å²) in [4.78, 5) is 28.0. The molecule has 0 saturated carbocycles. The Morgan fingerprint density at radius 3 is 2.62 bits per heavy atom. The van der Waals surface area contributed by atoms with Crippen molar-refractivity contribution in [2.24, 2.45) is 0 Å². The number of aromatic nitrogens is 1. The Bertz CT molecular complexity index is 1520. The Morgan fingerprint density at radius 1 is 1.00 bits per heavy atom. The zero-order valence-corrected chi connectivity index (χ0v) is 17.0. The molecule has 0 aliphatic heterocycles. The largest absolute Gasteiger partial charge is 0.436 e. The summed E-state index contributed by atoms with van der Waals surface area (Å²) in [6.45, 7) is 1.56. The molecule has 1 amide bonds. The van der Waals surface area contributed by atoms with Gasteiger partial charge >= 0.3 is 0 Å². The SMILES string of the molecule is Cc1c(C(=O)Nc2ccc3oc(-c4cccc5ccccc45)nc3c2)cccc1[N+](=O)[O-]. The molecule has 1 aromatic heterocycles. The van der Waals surface area contributed by atoms with E-state index in [-0.39, 0.29) is 11.3 Å². The quantitative estimate of drug-likeness (QED) is 0.277. The van der Waals surface area contributed by atoms with Gasteiger partial charge in [-0.3, -0.25) is 14.9 Å². The van der Waals surface area contributed by atoms with E-state index in [1.807, 2.05) is 42.5 Å². The van der Waals surface area contributed by atoms with E-state index in [2.05, 4.69) is 10.3 Å². The minimum atomic E-state index is -0.498. The van der Waals surface area contributed by atoms with Crippen molar-refractivity contribution < 1.29 is 14.1 Å². The maximum absolute atomic E-state index is 12.7. The Labute approximate surface area is 182 Å². The second-order valence-electron chi connectivity index (χ2n) is 7.39. The molecule has 0 spiro atoms. The standard InChI is InChI=1S/C25H17N3O4/c1-15-18(9-5-11-22(15)28(30)31)24(29)26-17-12-13-23-21(14-17)27-25(32-23)20-10-4-7-16-6-2-3-8-19(16)20/h2-14H,1H3,(H,26,29). The third kappa shape index (κ3) is 3.35. The first-order valence-corrected chi connectivity index (χ1v) is 9.95. The van der Waals surface area contributed by atoms with Crippen LogP contribution in [0.5, 0.6) is 0 Å². The number of carbonyl (C=O) groups excluding carboxylic acids is 1. The number of nitrogens with zero attached hydrogens (tertiary/aromatic N) is 2. The molecule has 5 rings (SSSR count). The number of carbonyl (C=O) groups is 1. The van der Waals surface area contributed by atoms with Crippen molar-refractivity contribution in [1.29, 1.82) is 0 Å². The second kappa shape index (κ2) is 7.63. The number of hydrogen-bond acceptors (Lipinski definition) is 5. The monoisotopic (exact) mass is 423 g/mol. The number of rotatable bonds is 4. The molecule has 7 heteroatoms. The fraction of sp³-hybridized carbons (Fsp3) is 0.0400. The van der Waals surface area contributed by atoms with Crippen molar-refractivity contribution in [2.45, 2.75) is 6.92 Å². The van der Waals surface area contributed by atoms with Crippen LogP contribution in [0, 0.1) is 17.0 Å². The number of benzene rings is 4. The summed E-state index contributed by atoms with van der Waals surface area (Å²) in [5.74, 6) is 0.0677. The van der Waals surface area contributed by atoms with E-state index in [0.717, 1.165) is 16.3 Å². The molecule has 4 aromatic carbocycles. The Morgan fingerprint density at radius 2 is 1.78 bits per heavy atom. The Kier molecular flexibility index (Phi) is 4.63. The third-order valence-electron chi connectivity index (χ3n) is 5.41. The first kappa shape index (κ1) is 19.4. The minimum absolute atomic E-state index is 0.0932. The first-order chi connectivity index (χ1) is 15.5. The molecular formula is C25H17N3O4. The molecule has 7 nitrogen and oxygen atoms in total. The van der Waals surface area contributed by atoms with Gasteiger partial charge in [-0.15, -0.1) is 0 Å². The van der Waals surface area contributed by atoms with Gasteiger partial charge in [-0.25, -0.2) is 4.98 Å². The van der Waals surface area contributed by atoms with Crippen LogP contribution in [0.2, 0.25) is 0 Å². The third-order valence-corrected chi connectivity index (χ3v) is 5.41. The first-order valence-electron chi connectivity index (χ1n) is 9.95. The molecule has 1 heterocycles. The van der Waals surface area contributed by atoms with Gasteiger partial charge in [0.05, 0.1) is 4.92 Å². The molecule has 0 bridgehead atoms. The Balaban J connectivity index is 1.48. The van der Waals surface area contributed by atoms with E-state index in [0.29, 0.717) is 28.2 Å². The molecule has 0 unspecified atom stereocenters. The summed E-state index contributed by atoms with van der Waals surface area (Å²) in [6, 6.07) is 23.6. The lowest BCUT2D eigenvalue weighted by atomic mass is 10.0. The highest BCUT2D eigenvalue weighted by atomic mass is 16.6. The summed E-state index contributed by atoms with van der Waals surface area (Å²) in [5.41, 5.74) is 3.07. The molecular weight excluding hydrogens is 406 g/mol. The zero-order valence-electron chi connectivity index (χ0n) is 17.0. The predicted octanol–water partition coefficient (Wildman–Crippen LogP) is 6.12. The van der Waals surface area contributed by atoms with Gasteiger partial charge in [-0.05, 0) is 48.0 Å². The van der Waals surface area contributed by atoms with E-state index >= 15 is 0 Å². The highest BCUT2D eigenvalue weighted by molar-refractivity contribution is 6.06. The fourth-order valence-corrected chi connectivity index (χ4v) is 3.80. The number of anilines is 1. The smallest absolute Gasteiger partial charge is 0.273 e. The Hall–Kier alpha value is -4.52. The topological polar surface area (TPSA) is 98.3 Å². The summed E-state index contributed by atoms with van der Waals surface area (Å²) in [7, 11) is 0. The highest BCUT2D eigenvalue weighted by Crippen LogP contribution is 2.31. The van der Waals surface area contributed by atoms with Crippen LogP contribution in [-0.2, 0) is 0 Å². The number of hydrogen-bond donors (Lipinski definition) is 1. The van der Waals surface area contributed by atoms with Crippen molar-refractivity contribution in [3.05, 3.63) is 100 Å². The minimum Gasteiger partial charge on any atom is -0.436 e. The van der Waals surface area contributed by atoms with Gasteiger partial charge in [0.25, 0.3) is 11.6 Å². The summed E-state index contributed by atoms with van der Waals surface area (Å²) in [5, 5.41) is 16.1. The lowest BCUT2D eigenvalue weighted by Crippen LogP contribution is -2.14. The lowest BCUT2D eigenvalue weighted by molar-refractivity contribution is -0.385. The number of nitrogens with one attached hydrogen (secondary N) is 1. The van der Waals surface area contributed by atoms with Gasteiger partial charge in [0.2, 0.25) is 5.89 Å². The molecule has 32 heavy (non-hydrogen) atoms. The molecule has 0 fully saturated rings. The number of oxazole rings is 1. The van der Waals surface area contributed by atoms with Gasteiger partial charge in [-0.1, -0.05) is 42.5 Å². The average Bonchev–Trinajstić information content (AvgIpc) is 3.21. The molecule has 0 aliphatic rings. The number of nitro groups is 1. The van der Waals surface area contributed by atoms with Crippen molar-refractivity contribution >= 4 is 39.2 Å². The van der Waals surface area contributed by atoms with E-state index in [4.69, 9.17) is 4.42 Å². The van der Waals surface area contributed by atoms with E-state index < -0.39 is 10.8 Å². The lowest BCUT2D eigenvalue weighted by Gasteiger charge is -2.07.